The number of hydrogen-bond acceptors (Lipinski definition) is 13. The fourth-order valence-corrected chi connectivity index (χ4v) is 3.08. The molecule has 0 spiro atoms. The summed E-state index contributed by atoms with van der Waals surface area (Å²) in [6, 6.07) is -0.713. The summed E-state index contributed by atoms with van der Waals surface area (Å²) in [6.07, 6.45) is 2.91. The number of nitrogen functional groups attached to an aromatic ring is 2. The topological polar surface area (TPSA) is 270 Å². The maximum atomic E-state index is 11.7. The van der Waals surface area contributed by atoms with Gasteiger partial charge in [0.15, 0.2) is 22.3 Å². The summed E-state index contributed by atoms with van der Waals surface area (Å²) in [4.78, 5) is 54.3. The van der Waals surface area contributed by atoms with Crippen LogP contribution in [-0.4, -0.2) is 82.6 Å². The summed E-state index contributed by atoms with van der Waals surface area (Å²) in [5, 5.41) is 8.23. The molecular formula is C21H31N11O7. The predicted octanol–water partition coefficient (Wildman–Crippen LogP) is -1.56. The molecule has 1 atom stereocenters. The molecule has 0 aliphatic heterocycles. The average molecular weight is 550 g/mol. The molecule has 0 radical (unpaired) electrons. The number of carboxylic acids is 1. The van der Waals surface area contributed by atoms with Crippen LogP contribution in [0.15, 0.2) is 22.2 Å². The van der Waals surface area contributed by atoms with Crippen LogP contribution in [0.1, 0.15) is 13.8 Å². The maximum absolute atomic E-state index is 11.7. The molecule has 0 amide bonds. The Bertz CT molecular complexity index is 1410. The predicted molar refractivity (Wildman–Crippen MR) is 138 cm³/mol. The third-order valence-corrected chi connectivity index (χ3v) is 5.19. The van der Waals surface area contributed by atoms with Gasteiger partial charge < -0.3 is 36.5 Å². The lowest BCUT2D eigenvalue weighted by Crippen LogP contribution is -2.34. The first-order valence-corrected chi connectivity index (χ1v) is 11.7. The van der Waals surface area contributed by atoms with Gasteiger partial charge in [0, 0.05) is 0 Å². The summed E-state index contributed by atoms with van der Waals surface area (Å²) in [5.74, 6) is -0.887. The van der Waals surface area contributed by atoms with Gasteiger partial charge in [-0.3, -0.25) is 33.5 Å². The van der Waals surface area contributed by atoms with E-state index < -0.39 is 23.1 Å². The van der Waals surface area contributed by atoms with Crippen LogP contribution in [0.25, 0.3) is 22.3 Å². The zero-order chi connectivity index (χ0) is 28.5. The minimum atomic E-state index is -0.931. The van der Waals surface area contributed by atoms with Gasteiger partial charge in [0.25, 0.3) is 11.1 Å². The number of nitrogens with two attached hydrogens (primary N) is 3. The molecule has 4 aromatic heterocycles. The Hall–Kier alpha value is -4.39. The second-order valence-electron chi connectivity index (χ2n) is 8.47. The number of anilines is 2. The van der Waals surface area contributed by atoms with Gasteiger partial charge >= 0.3 is 5.97 Å². The van der Waals surface area contributed by atoms with Crippen molar-refractivity contribution in [1.82, 2.24) is 39.0 Å². The number of imidazole rings is 2. The number of carboxylic acid groups (broad SMARTS) is 1. The Morgan fingerprint density at radius 3 is 1.64 bits per heavy atom. The monoisotopic (exact) mass is 549 g/mol. The smallest absolute Gasteiger partial charge is 0.320 e. The van der Waals surface area contributed by atoms with Crippen molar-refractivity contribution in [3.05, 3.63) is 33.4 Å². The van der Waals surface area contributed by atoms with Crippen molar-refractivity contribution < 1.29 is 24.1 Å². The van der Waals surface area contributed by atoms with Crippen molar-refractivity contribution in [1.29, 1.82) is 0 Å². The number of H-pyrrole nitrogens is 2. The maximum Gasteiger partial charge on any atom is 0.320 e. The van der Waals surface area contributed by atoms with E-state index in [1.807, 2.05) is 0 Å². The molecule has 0 bridgehead atoms. The molecule has 4 rings (SSSR count). The molecule has 0 unspecified atom stereocenters. The first kappa shape index (κ1) is 29.2. The second kappa shape index (κ2) is 13.4. The largest absolute Gasteiger partial charge is 0.480 e. The van der Waals surface area contributed by atoms with Crippen molar-refractivity contribution in [2.24, 2.45) is 11.7 Å². The van der Waals surface area contributed by atoms with Crippen molar-refractivity contribution in [3.8, 4) is 0 Å². The first-order valence-electron chi connectivity index (χ1n) is 11.7. The molecule has 212 valence electrons. The van der Waals surface area contributed by atoms with Gasteiger partial charge in [-0.05, 0) is 5.92 Å². The van der Waals surface area contributed by atoms with Crippen LogP contribution in [0.5, 0.6) is 0 Å². The quantitative estimate of drug-likeness (QED) is 0.109. The SMILES string of the molecule is CC(C)[C@H](N)C(=O)O.Nc1nc2c(ncn2COCCOCCOCn2cnc3c(=O)[nH]c(N)nc32)c(=O)[nH]1. The van der Waals surface area contributed by atoms with E-state index in [-0.39, 0.29) is 42.3 Å². The number of aromatic nitrogens is 8. The van der Waals surface area contributed by atoms with Gasteiger partial charge in [-0.2, -0.15) is 9.97 Å². The Kier molecular flexibility index (Phi) is 10.0. The fourth-order valence-electron chi connectivity index (χ4n) is 3.08. The standard InChI is InChI=1S/C16H20N10O5.C5H11NO2/c17-15-21-11-9(13(27)23-15)19-5-25(11)7-30-3-1-29-2-4-31-8-26-6-20-10-12(26)22-16(18)24-14(10)28;1-3(2)4(6)5(7)8/h5-6H,1-4,7-8H2,(H3,17,21,23,27)(H3,18,22,24,28);3-4H,6H2,1-2H3,(H,7,8)/t;4-/m.0/s1. The second-order valence-corrected chi connectivity index (χ2v) is 8.47. The zero-order valence-corrected chi connectivity index (χ0v) is 21.4. The molecule has 0 aliphatic rings. The van der Waals surface area contributed by atoms with Crippen LogP contribution in [0, 0.1) is 5.92 Å². The van der Waals surface area contributed by atoms with E-state index >= 15 is 0 Å². The highest BCUT2D eigenvalue weighted by atomic mass is 16.5. The van der Waals surface area contributed by atoms with E-state index in [2.05, 4.69) is 29.9 Å². The van der Waals surface area contributed by atoms with Crippen LogP contribution in [0.2, 0.25) is 0 Å². The van der Waals surface area contributed by atoms with E-state index in [1.165, 1.54) is 12.7 Å². The third-order valence-electron chi connectivity index (χ3n) is 5.19. The molecule has 18 heteroatoms. The number of nitrogens with zero attached hydrogens (tertiary/aromatic N) is 6. The molecular weight excluding hydrogens is 518 g/mol. The van der Waals surface area contributed by atoms with E-state index in [4.69, 9.17) is 36.5 Å². The summed E-state index contributed by atoms with van der Waals surface area (Å²) < 4.78 is 19.6. The summed E-state index contributed by atoms with van der Waals surface area (Å²) in [7, 11) is 0. The number of nitrogens with one attached hydrogen (secondary N) is 2. The Labute approximate surface area is 220 Å². The number of rotatable bonds is 12. The highest BCUT2D eigenvalue weighted by Gasteiger charge is 2.14. The average Bonchev–Trinajstić information content (AvgIpc) is 3.47. The molecule has 0 saturated carbocycles. The number of ether oxygens (including phenoxy) is 3. The van der Waals surface area contributed by atoms with Crippen LogP contribution in [0.4, 0.5) is 11.9 Å². The van der Waals surface area contributed by atoms with Crippen molar-refractivity contribution in [3.63, 3.8) is 0 Å². The number of carbonyl (C=O) groups is 1. The fraction of sp³-hybridized carbons (Fsp3) is 0.476. The molecule has 4 aromatic rings. The number of aliphatic carboxylic acids is 1. The van der Waals surface area contributed by atoms with Gasteiger partial charge in [0.1, 0.15) is 19.5 Å². The number of hydrogen-bond donors (Lipinski definition) is 6. The van der Waals surface area contributed by atoms with Crippen LogP contribution < -0.4 is 28.3 Å². The molecule has 0 saturated heterocycles. The molecule has 39 heavy (non-hydrogen) atoms. The highest BCUT2D eigenvalue weighted by molar-refractivity contribution is 5.73. The normalized spacial score (nSPS) is 12.1. The van der Waals surface area contributed by atoms with Gasteiger partial charge in [-0.15, -0.1) is 0 Å². The van der Waals surface area contributed by atoms with Crippen molar-refractivity contribution >= 4 is 40.2 Å². The number of fused-ring (bicyclic) bond motifs is 2. The van der Waals surface area contributed by atoms with Crippen molar-refractivity contribution in [2.45, 2.75) is 33.4 Å². The third kappa shape index (κ3) is 7.80. The minimum Gasteiger partial charge on any atom is -0.480 e. The lowest BCUT2D eigenvalue weighted by Gasteiger charge is -2.08. The van der Waals surface area contributed by atoms with E-state index in [1.54, 1.807) is 23.0 Å². The lowest BCUT2D eigenvalue weighted by atomic mass is 10.1. The summed E-state index contributed by atoms with van der Waals surface area (Å²) >= 11 is 0. The van der Waals surface area contributed by atoms with Gasteiger partial charge in [-0.1, -0.05) is 13.8 Å². The molecule has 18 nitrogen and oxygen atoms in total. The molecule has 9 N–H and O–H groups in total. The highest BCUT2D eigenvalue weighted by Crippen LogP contribution is 2.07. The van der Waals surface area contributed by atoms with E-state index in [0.29, 0.717) is 37.7 Å². The van der Waals surface area contributed by atoms with E-state index in [9.17, 15) is 14.4 Å². The van der Waals surface area contributed by atoms with Gasteiger partial charge in [0.05, 0.1) is 39.1 Å². The van der Waals surface area contributed by atoms with Crippen LogP contribution in [0.3, 0.4) is 0 Å². The van der Waals surface area contributed by atoms with Crippen LogP contribution >= 0.6 is 0 Å². The zero-order valence-electron chi connectivity index (χ0n) is 21.4. The van der Waals surface area contributed by atoms with Crippen molar-refractivity contribution in [2.75, 3.05) is 37.9 Å². The molecule has 4 heterocycles. The first-order chi connectivity index (χ1) is 18.6. The van der Waals surface area contributed by atoms with E-state index in [0.717, 1.165) is 0 Å². The Balaban J connectivity index is 0.000000459. The van der Waals surface area contributed by atoms with Gasteiger partial charge in [0.2, 0.25) is 11.9 Å². The minimum absolute atomic E-state index is 0.0114. The summed E-state index contributed by atoms with van der Waals surface area (Å²) in [6.45, 7) is 5.16. The molecule has 0 aromatic carbocycles. The number of aromatic amines is 2. The Morgan fingerprint density at radius 1 is 0.872 bits per heavy atom. The van der Waals surface area contributed by atoms with Gasteiger partial charge in [-0.25, -0.2) is 9.97 Å². The Morgan fingerprint density at radius 2 is 1.28 bits per heavy atom. The van der Waals surface area contributed by atoms with Crippen LogP contribution in [-0.2, 0) is 32.5 Å². The lowest BCUT2D eigenvalue weighted by molar-refractivity contribution is -0.139. The summed E-state index contributed by atoms with van der Waals surface area (Å²) in [5.41, 5.74) is 16.5. The molecule has 0 fully saturated rings. The molecule has 0 aliphatic carbocycles.